The molecule has 18 heavy (non-hydrogen) atoms. The molecular weight excluding hydrogens is 224 g/mol. The summed E-state index contributed by atoms with van der Waals surface area (Å²) < 4.78 is 0. The Bertz CT molecular complexity index is 367. The Labute approximate surface area is 111 Å². The average molecular weight is 250 g/mol. The number of pyridine rings is 1. The first-order valence-electron chi connectivity index (χ1n) is 6.71. The summed E-state index contributed by atoms with van der Waals surface area (Å²) in [5, 5.41) is 9.53. The molecule has 1 aromatic heterocycles. The normalized spacial score (nSPS) is 14.8. The molecule has 0 fully saturated rings. The molecule has 1 aromatic rings. The minimum atomic E-state index is -0.00662. The zero-order chi connectivity index (χ0) is 13.6. The van der Waals surface area contributed by atoms with E-state index in [9.17, 15) is 5.11 Å². The fraction of sp³-hybridized carbons (Fsp3) is 0.667. The molecule has 102 valence electrons. The van der Waals surface area contributed by atoms with Crippen molar-refractivity contribution in [2.75, 3.05) is 20.2 Å². The van der Waals surface area contributed by atoms with Crippen molar-refractivity contribution in [1.29, 1.82) is 0 Å². The molecule has 1 unspecified atom stereocenters. The molecule has 1 atom stereocenters. The largest absolute Gasteiger partial charge is 0.396 e. The summed E-state index contributed by atoms with van der Waals surface area (Å²) in [7, 11) is 2.09. The maximum Gasteiger partial charge on any atom is 0.0547 e. The molecule has 0 aliphatic rings. The van der Waals surface area contributed by atoms with E-state index in [1.807, 2.05) is 19.1 Å². The highest BCUT2D eigenvalue weighted by Gasteiger charge is 2.24. The minimum Gasteiger partial charge on any atom is -0.396 e. The summed E-state index contributed by atoms with van der Waals surface area (Å²) in [4.78, 5) is 6.75. The quantitative estimate of drug-likeness (QED) is 0.808. The molecule has 1 N–H and O–H groups in total. The van der Waals surface area contributed by atoms with Gasteiger partial charge in [0, 0.05) is 30.8 Å². The number of aliphatic hydroxyl groups excluding tert-OH is 1. The molecular formula is C15H26N2O. The van der Waals surface area contributed by atoms with E-state index in [4.69, 9.17) is 0 Å². The van der Waals surface area contributed by atoms with Gasteiger partial charge < -0.3 is 5.11 Å². The number of aryl methyl sites for hydroxylation is 1. The predicted octanol–water partition coefficient (Wildman–Crippen LogP) is 2.62. The van der Waals surface area contributed by atoms with E-state index >= 15 is 0 Å². The molecule has 0 amide bonds. The van der Waals surface area contributed by atoms with Crippen molar-refractivity contribution >= 4 is 0 Å². The Balaban J connectivity index is 2.57. The van der Waals surface area contributed by atoms with Crippen LogP contribution in [0.3, 0.4) is 0 Å². The molecule has 0 aliphatic heterocycles. The van der Waals surface area contributed by atoms with Gasteiger partial charge in [-0.25, -0.2) is 0 Å². The van der Waals surface area contributed by atoms with Gasteiger partial charge in [0.25, 0.3) is 0 Å². The summed E-state index contributed by atoms with van der Waals surface area (Å²) in [6.45, 7) is 8.30. The SMILES string of the molecule is CCCC(C)(CO)CN(C)Cc1cccc(C)n1. The molecule has 1 rings (SSSR count). The Morgan fingerprint density at radius 3 is 2.67 bits per heavy atom. The van der Waals surface area contributed by atoms with Crippen LogP contribution in [-0.4, -0.2) is 35.2 Å². The fourth-order valence-corrected chi connectivity index (χ4v) is 2.48. The molecule has 1 heterocycles. The summed E-state index contributed by atoms with van der Waals surface area (Å²) in [6, 6.07) is 6.11. The van der Waals surface area contributed by atoms with Crippen molar-refractivity contribution in [2.45, 2.75) is 40.2 Å². The molecule has 0 saturated heterocycles. The Morgan fingerprint density at radius 2 is 2.11 bits per heavy atom. The first-order valence-corrected chi connectivity index (χ1v) is 6.71. The summed E-state index contributed by atoms with van der Waals surface area (Å²) in [5.74, 6) is 0. The molecule has 0 radical (unpaired) electrons. The topological polar surface area (TPSA) is 36.4 Å². The molecule has 0 spiro atoms. The third-order valence-electron chi connectivity index (χ3n) is 3.26. The van der Waals surface area contributed by atoms with Crippen molar-refractivity contribution in [3.05, 3.63) is 29.6 Å². The number of hydrogen-bond acceptors (Lipinski definition) is 3. The van der Waals surface area contributed by atoms with Gasteiger partial charge in [0.15, 0.2) is 0 Å². The molecule has 3 heteroatoms. The Hall–Kier alpha value is -0.930. The van der Waals surface area contributed by atoms with E-state index in [-0.39, 0.29) is 12.0 Å². The number of rotatable bonds is 7. The van der Waals surface area contributed by atoms with E-state index in [2.05, 4.69) is 36.8 Å². The third kappa shape index (κ3) is 4.75. The van der Waals surface area contributed by atoms with Crippen LogP contribution in [0, 0.1) is 12.3 Å². The number of nitrogens with zero attached hydrogens (tertiary/aromatic N) is 2. The van der Waals surface area contributed by atoms with Crippen LogP contribution in [0.1, 0.15) is 38.1 Å². The zero-order valence-electron chi connectivity index (χ0n) is 12.1. The second-order valence-electron chi connectivity index (χ2n) is 5.66. The summed E-state index contributed by atoms with van der Waals surface area (Å²) >= 11 is 0. The van der Waals surface area contributed by atoms with Gasteiger partial charge in [-0.2, -0.15) is 0 Å². The number of hydrogen-bond donors (Lipinski definition) is 1. The van der Waals surface area contributed by atoms with Crippen molar-refractivity contribution in [2.24, 2.45) is 5.41 Å². The van der Waals surface area contributed by atoms with Gasteiger partial charge in [-0.15, -0.1) is 0 Å². The smallest absolute Gasteiger partial charge is 0.0547 e. The Morgan fingerprint density at radius 1 is 1.39 bits per heavy atom. The molecule has 0 aliphatic carbocycles. The number of aliphatic hydroxyl groups is 1. The van der Waals surface area contributed by atoms with E-state index in [0.29, 0.717) is 0 Å². The number of aromatic nitrogens is 1. The molecule has 0 bridgehead atoms. The highest BCUT2D eigenvalue weighted by atomic mass is 16.3. The predicted molar refractivity (Wildman–Crippen MR) is 75.4 cm³/mol. The van der Waals surface area contributed by atoms with E-state index < -0.39 is 0 Å². The van der Waals surface area contributed by atoms with Crippen LogP contribution in [0.2, 0.25) is 0 Å². The fourth-order valence-electron chi connectivity index (χ4n) is 2.48. The zero-order valence-corrected chi connectivity index (χ0v) is 12.1. The second-order valence-corrected chi connectivity index (χ2v) is 5.66. The monoisotopic (exact) mass is 250 g/mol. The van der Waals surface area contributed by atoms with Gasteiger partial charge in [0.05, 0.1) is 5.69 Å². The molecule has 0 saturated carbocycles. The third-order valence-corrected chi connectivity index (χ3v) is 3.26. The van der Waals surface area contributed by atoms with Crippen LogP contribution in [0.15, 0.2) is 18.2 Å². The van der Waals surface area contributed by atoms with Gasteiger partial charge in [-0.05, 0) is 32.5 Å². The minimum absolute atomic E-state index is 0.00662. The van der Waals surface area contributed by atoms with Crippen molar-refractivity contribution in [3.63, 3.8) is 0 Å². The average Bonchev–Trinajstić information content (AvgIpc) is 2.29. The van der Waals surface area contributed by atoms with E-state index in [1.54, 1.807) is 0 Å². The molecule has 3 nitrogen and oxygen atoms in total. The van der Waals surface area contributed by atoms with Crippen LogP contribution in [0.4, 0.5) is 0 Å². The maximum atomic E-state index is 9.53. The summed E-state index contributed by atoms with van der Waals surface area (Å²) in [5.41, 5.74) is 2.14. The van der Waals surface area contributed by atoms with E-state index in [1.165, 1.54) is 0 Å². The first-order chi connectivity index (χ1) is 8.49. The van der Waals surface area contributed by atoms with Crippen LogP contribution in [0.5, 0.6) is 0 Å². The highest BCUT2D eigenvalue weighted by Crippen LogP contribution is 2.23. The van der Waals surface area contributed by atoms with Gasteiger partial charge in [0.1, 0.15) is 0 Å². The lowest BCUT2D eigenvalue weighted by atomic mass is 9.86. The summed E-state index contributed by atoms with van der Waals surface area (Å²) in [6.07, 6.45) is 2.16. The first kappa shape index (κ1) is 15.1. The van der Waals surface area contributed by atoms with Gasteiger partial charge in [-0.3, -0.25) is 9.88 Å². The van der Waals surface area contributed by atoms with Crippen LogP contribution < -0.4 is 0 Å². The maximum absolute atomic E-state index is 9.53. The lowest BCUT2D eigenvalue weighted by Crippen LogP contribution is -2.36. The lowest BCUT2D eigenvalue weighted by Gasteiger charge is -2.31. The van der Waals surface area contributed by atoms with Crippen LogP contribution in [-0.2, 0) is 6.54 Å². The Kier molecular flexibility index (Phi) is 5.76. The van der Waals surface area contributed by atoms with Crippen molar-refractivity contribution in [3.8, 4) is 0 Å². The second kappa shape index (κ2) is 6.86. The van der Waals surface area contributed by atoms with Gasteiger partial charge in [0.2, 0.25) is 0 Å². The molecule has 0 aromatic carbocycles. The van der Waals surface area contributed by atoms with Gasteiger partial charge in [-0.1, -0.05) is 26.3 Å². The highest BCUT2D eigenvalue weighted by molar-refractivity contribution is 5.09. The van der Waals surface area contributed by atoms with Crippen molar-refractivity contribution < 1.29 is 5.11 Å². The van der Waals surface area contributed by atoms with Crippen LogP contribution in [0.25, 0.3) is 0 Å². The standard InChI is InChI=1S/C15H26N2O/c1-5-9-15(3,12-18)11-17(4)10-14-8-6-7-13(2)16-14/h6-8,18H,5,9-12H2,1-4H3. The van der Waals surface area contributed by atoms with E-state index in [0.717, 1.165) is 37.3 Å². The van der Waals surface area contributed by atoms with Crippen molar-refractivity contribution in [1.82, 2.24) is 9.88 Å². The van der Waals surface area contributed by atoms with Crippen LogP contribution >= 0.6 is 0 Å². The van der Waals surface area contributed by atoms with Gasteiger partial charge >= 0.3 is 0 Å². The lowest BCUT2D eigenvalue weighted by molar-refractivity contribution is 0.0874.